The monoisotopic (exact) mass is 262 g/mol. The van der Waals surface area contributed by atoms with Crippen molar-refractivity contribution in [1.82, 2.24) is 10.3 Å². The van der Waals surface area contributed by atoms with Crippen molar-refractivity contribution in [2.24, 2.45) is 0 Å². The number of H-pyrrole nitrogens is 1. The Morgan fingerprint density at radius 1 is 1.32 bits per heavy atom. The summed E-state index contributed by atoms with van der Waals surface area (Å²) in [6.45, 7) is 0.104. The zero-order chi connectivity index (χ0) is 13.8. The number of hydrogen-bond acceptors (Lipinski definition) is 3. The zero-order valence-corrected chi connectivity index (χ0v) is 10.1. The number of benzene rings is 1. The minimum Gasteiger partial charge on any atom is -0.479 e. The van der Waals surface area contributed by atoms with Crippen LogP contribution in [0.2, 0.25) is 0 Å². The van der Waals surface area contributed by atoms with Crippen molar-refractivity contribution in [1.29, 1.82) is 0 Å². The summed E-state index contributed by atoms with van der Waals surface area (Å²) in [4.78, 5) is 25.4. The Morgan fingerprint density at radius 3 is 2.84 bits per heavy atom. The first kappa shape index (κ1) is 13.1. The van der Waals surface area contributed by atoms with Gasteiger partial charge in [-0.05, 0) is 18.2 Å². The molecule has 0 spiro atoms. The van der Waals surface area contributed by atoms with E-state index in [-0.39, 0.29) is 18.9 Å². The SMILES string of the molecule is O=C(NCC[C@H](O)C(=O)O)c1cccc2[nH]ccc12. The van der Waals surface area contributed by atoms with Gasteiger partial charge in [0.25, 0.3) is 5.91 Å². The fourth-order valence-corrected chi connectivity index (χ4v) is 1.82. The van der Waals surface area contributed by atoms with Crippen molar-refractivity contribution < 1.29 is 19.8 Å². The molecular formula is C13H14N2O4. The molecule has 0 radical (unpaired) electrons. The molecule has 0 aliphatic carbocycles. The Hall–Kier alpha value is -2.34. The number of rotatable bonds is 5. The van der Waals surface area contributed by atoms with Crippen LogP contribution in [0.3, 0.4) is 0 Å². The van der Waals surface area contributed by atoms with Gasteiger partial charge in [-0.3, -0.25) is 4.79 Å². The van der Waals surface area contributed by atoms with Gasteiger partial charge in [0.1, 0.15) is 0 Å². The van der Waals surface area contributed by atoms with Crippen LogP contribution < -0.4 is 5.32 Å². The van der Waals surface area contributed by atoms with E-state index in [2.05, 4.69) is 10.3 Å². The largest absolute Gasteiger partial charge is 0.479 e. The van der Waals surface area contributed by atoms with Crippen LogP contribution in [0.5, 0.6) is 0 Å². The van der Waals surface area contributed by atoms with E-state index in [0.717, 1.165) is 10.9 Å². The molecule has 0 aliphatic heterocycles. The Bertz CT molecular complexity index is 605. The van der Waals surface area contributed by atoms with E-state index in [0.29, 0.717) is 5.56 Å². The van der Waals surface area contributed by atoms with Gasteiger partial charge >= 0.3 is 5.97 Å². The molecule has 19 heavy (non-hydrogen) atoms. The lowest BCUT2D eigenvalue weighted by molar-refractivity contribution is -0.146. The van der Waals surface area contributed by atoms with E-state index >= 15 is 0 Å². The minimum absolute atomic E-state index is 0.0236. The van der Waals surface area contributed by atoms with Gasteiger partial charge in [-0.2, -0.15) is 0 Å². The van der Waals surface area contributed by atoms with E-state index in [1.807, 2.05) is 6.07 Å². The third-order valence-corrected chi connectivity index (χ3v) is 2.83. The predicted octanol–water partition coefficient (Wildman–Crippen LogP) is 0.733. The number of amides is 1. The lowest BCUT2D eigenvalue weighted by Gasteiger charge is -2.08. The second kappa shape index (κ2) is 5.53. The topological polar surface area (TPSA) is 102 Å². The standard InChI is InChI=1S/C13H14N2O4/c16-11(13(18)19)5-7-15-12(17)9-2-1-3-10-8(9)4-6-14-10/h1-4,6,11,14,16H,5,7H2,(H,15,17)(H,18,19)/t11-/m0/s1. The predicted molar refractivity (Wildman–Crippen MR) is 68.9 cm³/mol. The number of carbonyl (C=O) groups is 2. The van der Waals surface area contributed by atoms with Crippen LogP contribution in [0.15, 0.2) is 30.5 Å². The van der Waals surface area contributed by atoms with Crippen molar-refractivity contribution >= 4 is 22.8 Å². The summed E-state index contributed by atoms with van der Waals surface area (Å²) in [5.74, 6) is -1.58. The smallest absolute Gasteiger partial charge is 0.332 e. The van der Waals surface area contributed by atoms with Crippen molar-refractivity contribution in [2.75, 3.05) is 6.54 Å². The molecule has 0 bridgehead atoms. The number of carboxylic acids is 1. The molecule has 4 N–H and O–H groups in total. The van der Waals surface area contributed by atoms with Gasteiger partial charge in [-0.1, -0.05) is 6.07 Å². The molecule has 1 heterocycles. The Labute approximate surface area is 109 Å². The van der Waals surface area contributed by atoms with Gasteiger partial charge in [-0.15, -0.1) is 0 Å². The van der Waals surface area contributed by atoms with E-state index in [4.69, 9.17) is 10.2 Å². The molecule has 6 nitrogen and oxygen atoms in total. The Kier molecular flexibility index (Phi) is 3.82. The number of nitrogens with one attached hydrogen (secondary N) is 2. The normalized spacial score (nSPS) is 12.3. The van der Waals surface area contributed by atoms with Crippen LogP contribution in [-0.4, -0.2) is 39.7 Å². The van der Waals surface area contributed by atoms with E-state index < -0.39 is 12.1 Å². The van der Waals surface area contributed by atoms with Gasteiger partial charge in [0.05, 0.1) is 0 Å². The molecular weight excluding hydrogens is 248 g/mol. The average molecular weight is 262 g/mol. The van der Waals surface area contributed by atoms with Crippen LogP contribution in [-0.2, 0) is 4.79 Å². The third kappa shape index (κ3) is 2.92. The van der Waals surface area contributed by atoms with Crippen LogP contribution in [0.4, 0.5) is 0 Å². The maximum Gasteiger partial charge on any atom is 0.332 e. The summed E-state index contributed by atoms with van der Waals surface area (Å²) in [7, 11) is 0. The molecule has 1 aromatic heterocycles. The van der Waals surface area contributed by atoms with Crippen LogP contribution >= 0.6 is 0 Å². The molecule has 0 saturated carbocycles. The molecule has 1 atom stereocenters. The molecule has 0 aliphatic rings. The fraction of sp³-hybridized carbons (Fsp3) is 0.231. The van der Waals surface area contributed by atoms with Crippen molar-refractivity contribution in [3.8, 4) is 0 Å². The van der Waals surface area contributed by atoms with E-state index in [1.54, 1.807) is 24.4 Å². The van der Waals surface area contributed by atoms with Crippen LogP contribution in [0.25, 0.3) is 10.9 Å². The number of aromatic amines is 1. The van der Waals surface area contributed by atoms with Gasteiger partial charge in [0.2, 0.25) is 0 Å². The summed E-state index contributed by atoms with van der Waals surface area (Å²) in [6, 6.07) is 7.12. The molecule has 2 rings (SSSR count). The van der Waals surface area contributed by atoms with Gasteiger partial charge in [0, 0.05) is 35.6 Å². The second-order valence-electron chi connectivity index (χ2n) is 4.14. The number of aromatic nitrogens is 1. The molecule has 6 heteroatoms. The summed E-state index contributed by atoms with van der Waals surface area (Å²) >= 11 is 0. The highest BCUT2D eigenvalue weighted by Gasteiger charge is 2.14. The fourth-order valence-electron chi connectivity index (χ4n) is 1.82. The first-order chi connectivity index (χ1) is 9.09. The number of carbonyl (C=O) groups excluding carboxylic acids is 1. The average Bonchev–Trinajstić information content (AvgIpc) is 2.86. The molecule has 2 aromatic rings. The summed E-state index contributed by atoms with van der Waals surface area (Å²) in [5.41, 5.74) is 1.38. The number of carboxylic acid groups (broad SMARTS) is 1. The van der Waals surface area contributed by atoms with E-state index in [1.165, 1.54) is 0 Å². The summed E-state index contributed by atoms with van der Waals surface area (Å²) in [5, 5.41) is 21.0. The van der Waals surface area contributed by atoms with Crippen molar-refractivity contribution in [3.05, 3.63) is 36.0 Å². The summed E-state index contributed by atoms with van der Waals surface area (Å²) < 4.78 is 0. The molecule has 0 fully saturated rings. The van der Waals surface area contributed by atoms with Crippen LogP contribution in [0, 0.1) is 0 Å². The Balaban J connectivity index is 2.00. The highest BCUT2D eigenvalue weighted by molar-refractivity contribution is 6.06. The van der Waals surface area contributed by atoms with Crippen LogP contribution in [0.1, 0.15) is 16.8 Å². The zero-order valence-electron chi connectivity index (χ0n) is 10.1. The summed E-state index contributed by atoms with van der Waals surface area (Å²) in [6.07, 6.45) is 0.267. The number of fused-ring (bicyclic) bond motifs is 1. The maximum atomic E-state index is 12.0. The highest BCUT2D eigenvalue weighted by atomic mass is 16.4. The molecule has 1 amide bonds. The first-order valence-corrected chi connectivity index (χ1v) is 5.85. The maximum absolute atomic E-state index is 12.0. The second-order valence-corrected chi connectivity index (χ2v) is 4.14. The van der Waals surface area contributed by atoms with Gasteiger partial charge in [0.15, 0.2) is 6.10 Å². The molecule has 0 saturated heterocycles. The van der Waals surface area contributed by atoms with Gasteiger partial charge in [-0.25, -0.2) is 4.79 Å². The van der Waals surface area contributed by atoms with E-state index in [9.17, 15) is 9.59 Å². The third-order valence-electron chi connectivity index (χ3n) is 2.83. The molecule has 100 valence electrons. The number of hydrogen-bond donors (Lipinski definition) is 4. The van der Waals surface area contributed by atoms with Crippen molar-refractivity contribution in [3.63, 3.8) is 0 Å². The lowest BCUT2D eigenvalue weighted by atomic mass is 10.1. The highest BCUT2D eigenvalue weighted by Crippen LogP contribution is 2.17. The van der Waals surface area contributed by atoms with Gasteiger partial charge < -0.3 is 20.5 Å². The first-order valence-electron chi connectivity index (χ1n) is 5.85. The number of aliphatic hydroxyl groups is 1. The lowest BCUT2D eigenvalue weighted by Crippen LogP contribution is -2.30. The minimum atomic E-state index is -1.46. The van der Waals surface area contributed by atoms with Crippen molar-refractivity contribution in [2.45, 2.75) is 12.5 Å². The Morgan fingerprint density at radius 2 is 2.11 bits per heavy atom. The quantitative estimate of drug-likeness (QED) is 0.638. The number of aliphatic hydroxyl groups excluding tert-OH is 1. The molecule has 1 aromatic carbocycles. The molecule has 0 unspecified atom stereocenters. The number of aliphatic carboxylic acids is 1.